The van der Waals surface area contributed by atoms with Crippen molar-refractivity contribution in [2.75, 3.05) is 0 Å². The smallest absolute Gasteiger partial charge is 0.189 e. The highest BCUT2D eigenvalue weighted by atomic mass is 16.1. The Labute approximate surface area is 124 Å². The molecule has 3 rings (SSSR count). The van der Waals surface area contributed by atoms with E-state index in [-0.39, 0.29) is 5.43 Å². The van der Waals surface area contributed by atoms with E-state index in [0.717, 1.165) is 28.1 Å². The van der Waals surface area contributed by atoms with E-state index in [4.69, 9.17) is 0 Å². The van der Waals surface area contributed by atoms with E-state index in [2.05, 4.69) is 29.2 Å². The quantitative estimate of drug-likeness (QED) is 0.742. The molecule has 3 aromatic rings. The fourth-order valence-corrected chi connectivity index (χ4v) is 2.67. The number of hydrogen-bond acceptors (Lipinski definition) is 1. The molecular weight excluding hydrogens is 258 g/mol. The zero-order valence-electron chi connectivity index (χ0n) is 12.2. The van der Waals surface area contributed by atoms with Gasteiger partial charge in [0, 0.05) is 23.0 Å². The highest BCUT2D eigenvalue weighted by Gasteiger charge is 2.08. The summed E-state index contributed by atoms with van der Waals surface area (Å²) < 4.78 is 0. The molecule has 1 heterocycles. The Balaban J connectivity index is 2.05. The molecule has 0 saturated carbocycles. The van der Waals surface area contributed by atoms with E-state index in [0.29, 0.717) is 0 Å². The molecule has 0 fully saturated rings. The van der Waals surface area contributed by atoms with Crippen molar-refractivity contribution in [2.45, 2.75) is 13.8 Å². The van der Waals surface area contributed by atoms with Crippen LogP contribution in [0, 0.1) is 13.8 Å². The number of pyridine rings is 1. The molecule has 0 amide bonds. The van der Waals surface area contributed by atoms with Crippen LogP contribution in [0.3, 0.4) is 0 Å². The Morgan fingerprint density at radius 1 is 0.762 bits per heavy atom. The molecule has 0 bridgehead atoms. The van der Waals surface area contributed by atoms with Crippen LogP contribution in [0.25, 0.3) is 22.3 Å². The van der Waals surface area contributed by atoms with Crippen LogP contribution in [-0.2, 0) is 0 Å². The van der Waals surface area contributed by atoms with Gasteiger partial charge < -0.3 is 4.98 Å². The molecule has 0 unspecified atom stereocenters. The van der Waals surface area contributed by atoms with E-state index in [1.165, 1.54) is 5.56 Å². The maximum atomic E-state index is 12.2. The van der Waals surface area contributed by atoms with Crippen molar-refractivity contribution >= 4 is 0 Å². The second kappa shape index (κ2) is 5.41. The summed E-state index contributed by atoms with van der Waals surface area (Å²) in [6.45, 7) is 3.84. The standard InChI is InChI=1S/C19H17NO/c1-13-12-18(21)19(14(2)20-13)17-10-8-16(9-11-17)15-6-4-3-5-7-15/h3-12H,1-2H3,(H,20,21). The number of nitrogens with one attached hydrogen (secondary N) is 1. The lowest BCUT2D eigenvalue weighted by molar-refractivity contribution is 1.11. The van der Waals surface area contributed by atoms with Gasteiger partial charge in [0.25, 0.3) is 0 Å². The maximum Gasteiger partial charge on any atom is 0.189 e. The van der Waals surface area contributed by atoms with Crippen molar-refractivity contribution in [3.8, 4) is 22.3 Å². The molecule has 1 aromatic heterocycles. The number of benzene rings is 2. The number of hydrogen-bond donors (Lipinski definition) is 1. The Hall–Kier alpha value is -2.61. The third kappa shape index (κ3) is 2.65. The van der Waals surface area contributed by atoms with Gasteiger partial charge in [0.15, 0.2) is 5.43 Å². The molecular formula is C19H17NO. The first-order valence-electron chi connectivity index (χ1n) is 7.01. The summed E-state index contributed by atoms with van der Waals surface area (Å²) >= 11 is 0. The maximum absolute atomic E-state index is 12.2. The normalized spacial score (nSPS) is 10.6. The van der Waals surface area contributed by atoms with E-state index >= 15 is 0 Å². The predicted molar refractivity (Wildman–Crippen MR) is 87.4 cm³/mol. The highest BCUT2D eigenvalue weighted by Crippen LogP contribution is 2.24. The summed E-state index contributed by atoms with van der Waals surface area (Å²) in [5.41, 5.74) is 5.90. The van der Waals surface area contributed by atoms with Gasteiger partial charge in [0.05, 0.1) is 0 Å². The molecule has 21 heavy (non-hydrogen) atoms. The van der Waals surface area contributed by atoms with Gasteiger partial charge in [-0.2, -0.15) is 0 Å². The summed E-state index contributed by atoms with van der Waals surface area (Å²) in [6, 6.07) is 20.0. The van der Waals surface area contributed by atoms with Gasteiger partial charge in [0.1, 0.15) is 0 Å². The fourth-order valence-electron chi connectivity index (χ4n) is 2.67. The molecule has 0 aliphatic heterocycles. The summed E-state index contributed by atoms with van der Waals surface area (Å²) in [7, 11) is 0. The molecule has 0 saturated heterocycles. The van der Waals surface area contributed by atoms with E-state index < -0.39 is 0 Å². The topological polar surface area (TPSA) is 32.9 Å². The fraction of sp³-hybridized carbons (Fsp3) is 0.105. The van der Waals surface area contributed by atoms with Crippen LogP contribution in [0.1, 0.15) is 11.4 Å². The summed E-state index contributed by atoms with van der Waals surface area (Å²) in [5, 5.41) is 0. The van der Waals surface area contributed by atoms with Gasteiger partial charge in [-0.3, -0.25) is 4.79 Å². The summed E-state index contributed by atoms with van der Waals surface area (Å²) in [6.07, 6.45) is 0. The third-order valence-electron chi connectivity index (χ3n) is 3.63. The molecule has 0 spiro atoms. The molecule has 1 N–H and O–H groups in total. The van der Waals surface area contributed by atoms with E-state index in [1.807, 2.05) is 44.2 Å². The minimum atomic E-state index is 0.0659. The summed E-state index contributed by atoms with van der Waals surface area (Å²) in [5.74, 6) is 0. The van der Waals surface area contributed by atoms with Crippen LogP contribution in [-0.4, -0.2) is 4.98 Å². The lowest BCUT2D eigenvalue weighted by atomic mass is 9.99. The van der Waals surface area contributed by atoms with Crippen LogP contribution in [0.4, 0.5) is 0 Å². The molecule has 104 valence electrons. The minimum Gasteiger partial charge on any atom is -0.362 e. The van der Waals surface area contributed by atoms with Gasteiger partial charge in [0.2, 0.25) is 0 Å². The van der Waals surface area contributed by atoms with Crippen molar-refractivity contribution in [3.05, 3.63) is 82.3 Å². The second-order valence-corrected chi connectivity index (χ2v) is 5.26. The lowest BCUT2D eigenvalue weighted by Crippen LogP contribution is -2.08. The van der Waals surface area contributed by atoms with E-state index in [1.54, 1.807) is 6.07 Å². The number of aromatic amines is 1. The summed E-state index contributed by atoms with van der Waals surface area (Å²) in [4.78, 5) is 15.4. The lowest BCUT2D eigenvalue weighted by Gasteiger charge is -2.08. The number of rotatable bonds is 2. The Morgan fingerprint density at radius 3 is 1.95 bits per heavy atom. The monoisotopic (exact) mass is 275 g/mol. The second-order valence-electron chi connectivity index (χ2n) is 5.26. The Kier molecular flexibility index (Phi) is 3.44. The SMILES string of the molecule is Cc1cc(=O)c(-c2ccc(-c3ccccc3)cc2)c(C)[nH]1. The van der Waals surface area contributed by atoms with Crippen molar-refractivity contribution < 1.29 is 0 Å². The third-order valence-corrected chi connectivity index (χ3v) is 3.63. The Bertz CT molecular complexity index is 814. The molecule has 2 heteroatoms. The predicted octanol–water partition coefficient (Wildman–Crippen LogP) is 4.33. The highest BCUT2D eigenvalue weighted by molar-refractivity contribution is 5.71. The van der Waals surface area contributed by atoms with Gasteiger partial charge >= 0.3 is 0 Å². The first kappa shape index (κ1) is 13.4. The van der Waals surface area contributed by atoms with Crippen LogP contribution in [0.2, 0.25) is 0 Å². The number of H-pyrrole nitrogens is 1. The van der Waals surface area contributed by atoms with E-state index in [9.17, 15) is 4.79 Å². The Morgan fingerprint density at radius 2 is 1.33 bits per heavy atom. The van der Waals surface area contributed by atoms with Gasteiger partial charge in [-0.25, -0.2) is 0 Å². The van der Waals surface area contributed by atoms with Crippen LogP contribution < -0.4 is 5.43 Å². The zero-order valence-corrected chi connectivity index (χ0v) is 12.2. The number of aryl methyl sites for hydroxylation is 2. The largest absolute Gasteiger partial charge is 0.362 e. The molecule has 0 aliphatic rings. The van der Waals surface area contributed by atoms with Crippen molar-refractivity contribution in [1.29, 1.82) is 0 Å². The minimum absolute atomic E-state index is 0.0659. The van der Waals surface area contributed by atoms with Crippen LogP contribution in [0.5, 0.6) is 0 Å². The molecule has 0 aliphatic carbocycles. The van der Waals surface area contributed by atoms with Crippen molar-refractivity contribution in [1.82, 2.24) is 4.98 Å². The average molecular weight is 275 g/mol. The molecule has 0 radical (unpaired) electrons. The average Bonchev–Trinajstić information content (AvgIpc) is 2.48. The van der Waals surface area contributed by atoms with Crippen LogP contribution >= 0.6 is 0 Å². The zero-order chi connectivity index (χ0) is 14.8. The molecule has 2 aromatic carbocycles. The van der Waals surface area contributed by atoms with Crippen molar-refractivity contribution in [3.63, 3.8) is 0 Å². The first-order valence-corrected chi connectivity index (χ1v) is 7.01. The first-order chi connectivity index (χ1) is 10.1. The van der Waals surface area contributed by atoms with Gasteiger partial charge in [-0.1, -0.05) is 54.6 Å². The van der Waals surface area contributed by atoms with Crippen LogP contribution in [0.15, 0.2) is 65.5 Å². The van der Waals surface area contributed by atoms with Gasteiger partial charge in [-0.15, -0.1) is 0 Å². The molecule has 0 atom stereocenters. The number of aromatic nitrogens is 1. The molecule has 2 nitrogen and oxygen atoms in total. The van der Waals surface area contributed by atoms with Crippen molar-refractivity contribution in [2.24, 2.45) is 0 Å². The van der Waals surface area contributed by atoms with Gasteiger partial charge in [-0.05, 0) is 30.5 Å².